The summed E-state index contributed by atoms with van der Waals surface area (Å²) in [5.41, 5.74) is -0.798. The van der Waals surface area contributed by atoms with E-state index in [4.69, 9.17) is 4.74 Å². The first-order valence-corrected chi connectivity index (χ1v) is 9.39. The molecule has 0 radical (unpaired) electrons. The van der Waals surface area contributed by atoms with Gasteiger partial charge in [-0.15, -0.1) is 0 Å². The summed E-state index contributed by atoms with van der Waals surface area (Å²) >= 11 is 0. The fraction of sp³-hybridized carbons (Fsp3) is 0.947. The quantitative estimate of drug-likeness (QED) is 0.778. The third kappa shape index (κ3) is 4.27. The van der Waals surface area contributed by atoms with Crippen molar-refractivity contribution in [1.29, 1.82) is 0 Å². The van der Waals surface area contributed by atoms with Crippen molar-refractivity contribution in [3.8, 4) is 0 Å². The topological polar surface area (TPSA) is 32.8 Å². The Balaban J connectivity index is 1.95. The Hall–Kier alpha value is -0.610. The van der Waals surface area contributed by atoms with Crippen LogP contribution in [-0.2, 0) is 9.53 Å². The van der Waals surface area contributed by atoms with E-state index in [9.17, 15) is 4.79 Å². The molecule has 2 rings (SSSR count). The Kier molecular flexibility index (Phi) is 5.78. The number of carbonyl (C=O) groups is 1. The van der Waals surface area contributed by atoms with E-state index < -0.39 is 5.60 Å². The van der Waals surface area contributed by atoms with Crippen molar-refractivity contribution >= 4 is 5.91 Å². The van der Waals surface area contributed by atoms with Gasteiger partial charge in [0.1, 0.15) is 5.60 Å². The van der Waals surface area contributed by atoms with Gasteiger partial charge < -0.3 is 14.5 Å². The molecule has 1 saturated heterocycles. The number of rotatable bonds is 5. The van der Waals surface area contributed by atoms with Gasteiger partial charge >= 0.3 is 0 Å². The van der Waals surface area contributed by atoms with Crippen molar-refractivity contribution in [2.45, 2.75) is 84.0 Å². The number of morpholine rings is 1. The Bertz CT molecular complexity index is 412. The van der Waals surface area contributed by atoms with E-state index in [1.807, 2.05) is 18.7 Å². The minimum atomic E-state index is -0.676. The number of ether oxygens (including phenoxy) is 1. The lowest BCUT2D eigenvalue weighted by atomic mass is 9.79. The number of hydrogen-bond donors (Lipinski definition) is 0. The molecular weight excluding hydrogens is 288 g/mol. The van der Waals surface area contributed by atoms with E-state index in [0.717, 1.165) is 31.8 Å². The summed E-state index contributed by atoms with van der Waals surface area (Å²) in [5.74, 6) is 0.904. The van der Waals surface area contributed by atoms with Gasteiger partial charge in [-0.05, 0) is 72.4 Å². The minimum Gasteiger partial charge on any atom is -0.357 e. The van der Waals surface area contributed by atoms with E-state index in [1.165, 1.54) is 25.8 Å². The molecule has 1 amide bonds. The summed E-state index contributed by atoms with van der Waals surface area (Å²) in [4.78, 5) is 16.9. The van der Waals surface area contributed by atoms with Crippen LogP contribution in [0.25, 0.3) is 0 Å². The highest BCUT2D eigenvalue weighted by Gasteiger charge is 2.50. The predicted octanol–water partition coefficient (Wildman–Crippen LogP) is 3.30. The van der Waals surface area contributed by atoms with Crippen LogP contribution in [0, 0.1) is 5.92 Å². The third-order valence-corrected chi connectivity index (χ3v) is 5.68. The van der Waals surface area contributed by atoms with Crippen LogP contribution in [0.4, 0.5) is 0 Å². The van der Waals surface area contributed by atoms with Crippen LogP contribution in [-0.4, -0.2) is 59.6 Å². The molecule has 2 aliphatic rings. The SMILES string of the molecule is CCN1C[C@]2(CC[C@@H](N(C)CCC(C)C)CC2)OC(C)(C)C1=O. The summed E-state index contributed by atoms with van der Waals surface area (Å²) < 4.78 is 6.36. The maximum absolute atomic E-state index is 12.4. The average Bonchev–Trinajstić information content (AvgIpc) is 2.49. The lowest BCUT2D eigenvalue weighted by Crippen LogP contribution is -2.64. The Morgan fingerprint density at radius 1 is 1.30 bits per heavy atom. The molecule has 2 fully saturated rings. The van der Waals surface area contributed by atoms with Crippen LogP contribution in [0.1, 0.15) is 66.7 Å². The number of carbonyl (C=O) groups excluding carboxylic acids is 1. The molecule has 134 valence electrons. The van der Waals surface area contributed by atoms with Gasteiger partial charge in [-0.1, -0.05) is 13.8 Å². The first-order valence-electron chi connectivity index (χ1n) is 9.39. The Morgan fingerprint density at radius 3 is 2.43 bits per heavy atom. The molecule has 0 aromatic heterocycles. The maximum Gasteiger partial charge on any atom is 0.254 e. The molecule has 0 aromatic rings. The second-order valence-electron chi connectivity index (χ2n) is 8.51. The molecule has 0 N–H and O–H groups in total. The zero-order valence-corrected chi connectivity index (χ0v) is 16.0. The first-order chi connectivity index (χ1) is 10.7. The van der Waals surface area contributed by atoms with Crippen LogP contribution >= 0.6 is 0 Å². The molecule has 1 heterocycles. The molecule has 0 atom stereocenters. The second-order valence-corrected chi connectivity index (χ2v) is 8.51. The normalized spacial score (nSPS) is 31.4. The third-order valence-electron chi connectivity index (χ3n) is 5.68. The highest BCUT2D eigenvalue weighted by Crippen LogP contribution is 2.40. The highest BCUT2D eigenvalue weighted by atomic mass is 16.5. The van der Waals surface area contributed by atoms with Crippen molar-refractivity contribution in [3.05, 3.63) is 0 Å². The molecule has 4 heteroatoms. The second kappa shape index (κ2) is 7.10. The summed E-state index contributed by atoms with van der Waals surface area (Å²) in [6.45, 7) is 13.2. The van der Waals surface area contributed by atoms with Gasteiger partial charge in [0.15, 0.2) is 0 Å². The molecule has 23 heavy (non-hydrogen) atoms. The van der Waals surface area contributed by atoms with E-state index in [1.54, 1.807) is 0 Å². The number of hydrogen-bond acceptors (Lipinski definition) is 3. The lowest BCUT2D eigenvalue weighted by Gasteiger charge is -2.52. The van der Waals surface area contributed by atoms with Gasteiger partial charge in [-0.25, -0.2) is 0 Å². The fourth-order valence-electron chi connectivity index (χ4n) is 4.15. The van der Waals surface area contributed by atoms with Crippen molar-refractivity contribution in [3.63, 3.8) is 0 Å². The van der Waals surface area contributed by atoms with Crippen molar-refractivity contribution < 1.29 is 9.53 Å². The number of likely N-dealkylation sites (N-methyl/N-ethyl adjacent to an activating group) is 1. The van der Waals surface area contributed by atoms with E-state index >= 15 is 0 Å². The van der Waals surface area contributed by atoms with Crippen molar-refractivity contribution in [2.75, 3.05) is 26.7 Å². The van der Waals surface area contributed by atoms with Gasteiger partial charge in [0.2, 0.25) is 0 Å². The summed E-state index contributed by atoms with van der Waals surface area (Å²) in [6, 6.07) is 0.666. The Morgan fingerprint density at radius 2 is 1.91 bits per heavy atom. The lowest BCUT2D eigenvalue weighted by molar-refractivity contribution is -0.215. The molecule has 4 nitrogen and oxygen atoms in total. The monoisotopic (exact) mass is 324 g/mol. The molecule has 1 spiro atoms. The first kappa shape index (κ1) is 18.7. The van der Waals surface area contributed by atoms with Crippen molar-refractivity contribution in [1.82, 2.24) is 9.80 Å². The zero-order valence-electron chi connectivity index (χ0n) is 16.0. The zero-order chi connectivity index (χ0) is 17.3. The number of amides is 1. The average molecular weight is 325 g/mol. The molecule has 1 aliphatic carbocycles. The number of nitrogens with zero attached hydrogens (tertiary/aromatic N) is 2. The van der Waals surface area contributed by atoms with Crippen LogP contribution in [0.5, 0.6) is 0 Å². The highest BCUT2D eigenvalue weighted by molar-refractivity contribution is 5.85. The summed E-state index contributed by atoms with van der Waals surface area (Å²) in [7, 11) is 2.26. The van der Waals surface area contributed by atoms with Crippen LogP contribution in [0.2, 0.25) is 0 Å². The van der Waals surface area contributed by atoms with Crippen molar-refractivity contribution in [2.24, 2.45) is 5.92 Å². The molecular formula is C19H36N2O2. The predicted molar refractivity (Wildman–Crippen MR) is 94.5 cm³/mol. The minimum absolute atomic E-state index is 0.122. The van der Waals surface area contributed by atoms with Gasteiger partial charge in [0, 0.05) is 19.1 Å². The fourth-order valence-corrected chi connectivity index (χ4v) is 4.15. The van der Waals surface area contributed by atoms with Gasteiger partial charge in [0.05, 0.1) is 5.60 Å². The molecule has 1 saturated carbocycles. The maximum atomic E-state index is 12.4. The van der Waals surface area contributed by atoms with Gasteiger partial charge in [0.25, 0.3) is 5.91 Å². The van der Waals surface area contributed by atoms with Crippen LogP contribution < -0.4 is 0 Å². The standard InChI is InChI=1S/C19H36N2O2/c1-7-21-14-19(23-18(4,5)17(21)22)11-8-16(9-12-19)20(6)13-10-15(2)3/h15-16H,7-14H2,1-6H3/t16-,19-. The molecule has 1 aliphatic heterocycles. The smallest absolute Gasteiger partial charge is 0.254 e. The van der Waals surface area contributed by atoms with E-state index in [2.05, 4.69) is 32.7 Å². The van der Waals surface area contributed by atoms with E-state index in [-0.39, 0.29) is 11.5 Å². The largest absolute Gasteiger partial charge is 0.357 e. The van der Waals surface area contributed by atoms with Crippen LogP contribution in [0.15, 0.2) is 0 Å². The van der Waals surface area contributed by atoms with Gasteiger partial charge in [-0.3, -0.25) is 4.79 Å². The Labute approximate surface area is 142 Å². The molecule has 0 unspecified atom stereocenters. The molecule has 0 bridgehead atoms. The molecule has 0 aromatic carbocycles. The van der Waals surface area contributed by atoms with Gasteiger partial charge in [-0.2, -0.15) is 0 Å². The van der Waals surface area contributed by atoms with Crippen LogP contribution in [0.3, 0.4) is 0 Å². The van der Waals surface area contributed by atoms with E-state index in [0.29, 0.717) is 6.04 Å². The summed E-state index contributed by atoms with van der Waals surface area (Å²) in [5, 5.41) is 0. The summed E-state index contributed by atoms with van der Waals surface area (Å²) in [6.07, 6.45) is 5.75.